The second-order valence-corrected chi connectivity index (χ2v) is 5.09. The number of urea groups is 1. The number of amides is 2. The molecule has 1 saturated carbocycles. The van der Waals surface area contributed by atoms with Crippen LogP contribution in [0.4, 0.5) is 4.79 Å². The Morgan fingerprint density at radius 2 is 2.00 bits per heavy atom. The molecule has 1 fully saturated rings. The van der Waals surface area contributed by atoms with E-state index in [1.165, 1.54) is 0 Å². The van der Waals surface area contributed by atoms with E-state index in [9.17, 15) is 4.79 Å². The summed E-state index contributed by atoms with van der Waals surface area (Å²) in [7, 11) is 0. The van der Waals surface area contributed by atoms with Crippen LogP contribution >= 0.6 is 0 Å². The quantitative estimate of drug-likeness (QED) is 0.750. The van der Waals surface area contributed by atoms with Gasteiger partial charge in [-0.2, -0.15) is 0 Å². The van der Waals surface area contributed by atoms with Gasteiger partial charge in [0.05, 0.1) is 6.10 Å². The van der Waals surface area contributed by atoms with Gasteiger partial charge in [0, 0.05) is 18.2 Å². The van der Waals surface area contributed by atoms with Gasteiger partial charge in [0.1, 0.15) is 0 Å². The van der Waals surface area contributed by atoms with Crippen LogP contribution < -0.4 is 10.6 Å². The highest BCUT2D eigenvalue weighted by molar-refractivity contribution is 5.75. The summed E-state index contributed by atoms with van der Waals surface area (Å²) in [6.45, 7) is 8.65. The first kappa shape index (κ1) is 12.3. The molecule has 88 valence electrons. The lowest BCUT2D eigenvalue weighted by molar-refractivity contribution is -0.00720. The molecule has 0 aromatic heterocycles. The second kappa shape index (κ2) is 4.84. The van der Waals surface area contributed by atoms with Crippen LogP contribution in [0.3, 0.4) is 0 Å². The summed E-state index contributed by atoms with van der Waals surface area (Å²) >= 11 is 0. The van der Waals surface area contributed by atoms with Crippen molar-refractivity contribution in [1.29, 1.82) is 0 Å². The lowest BCUT2D eigenvalue weighted by atomic mass is 9.89. The van der Waals surface area contributed by atoms with Crippen LogP contribution in [0.15, 0.2) is 0 Å². The molecule has 0 aromatic rings. The topological polar surface area (TPSA) is 50.4 Å². The number of ether oxygens (including phenoxy) is 1. The molecule has 0 radical (unpaired) electrons. The van der Waals surface area contributed by atoms with Gasteiger partial charge in [0.2, 0.25) is 0 Å². The third-order valence-corrected chi connectivity index (χ3v) is 2.32. The fraction of sp³-hybridized carbons (Fsp3) is 0.909. The number of hydrogen-bond acceptors (Lipinski definition) is 2. The van der Waals surface area contributed by atoms with Crippen molar-refractivity contribution in [3.05, 3.63) is 0 Å². The predicted molar refractivity (Wildman–Crippen MR) is 59.9 cm³/mol. The van der Waals surface area contributed by atoms with Gasteiger partial charge in [0.25, 0.3) is 0 Å². The molecule has 0 unspecified atom stereocenters. The van der Waals surface area contributed by atoms with Crippen molar-refractivity contribution in [2.45, 2.75) is 58.2 Å². The minimum absolute atomic E-state index is 0.0811. The maximum absolute atomic E-state index is 11.5. The van der Waals surface area contributed by atoms with Gasteiger partial charge in [-0.05, 0) is 40.5 Å². The molecule has 2 amide bonds. The van der Waals surface area contributed by atoms with E-state index in [1.54, 1.807) is 0 Å². The maximum Gasteiger partial charge on any atom is 0.315 e. The van der Waals surface area contributed by atoms with Crippen molar-refractivity contribution < 1.29 is 9.53 Å². The van der Waals surface area contributed by atoms with Gasteiger partial charge in [-0.15, -0.1) is 0 Å². The molecule has 4 nitrogen and oxygen atoms in total. The van der Waals surface area contributed by atoms with Crippen molar-refractivity contribution in [2.75, 3.05) is 6.61 Å². The summed E-state index contributed by atoms with van der Waals surface area (Å²) in [4.78, 5) is 11.5. The molecule has 1 aliphatic carbocycles. The summed E-state index contributed by atoms with van der Waals surface area (Å²) in [5.74, 6) is 0. The van der Waals surface area contributed by atoms with Crippen LogP contribution in [0.5, 0.6) is 0 Å². The van der Waals surface area contributed by atoms with Crippen LogP contribution in [0.1, 0.15) is 40.5 Å². The van der Waals surface area contributed by atoms with Gasteiger partial charge in [-0.25, -0.2) is 4.79 Å². The Morgan fingerprint density at radius 3 is 2.47 bits per heavy atom. The molecular formula is C11H22N2O2. The second-order valence-electron chi connectivity index (χ2n) is 5.09. The van der Waals surface area contributed by atoms with Crippen molar-refractivity contribution in [3.8, 4) is 0 Å². The van der Waals surface area contributed by atoms with E-state index in [0.717, 1.165) is 19.4 Å². The molecule has 0 aliphatic heterocycles. The maximum atomic E-state index is 11.5. The predicted octanol–water partition coefficient (Wildman–Crippen LogP) is 1.65. The Bertz CT molecular complexity index is 217. The highest BCUT2D eigenvalue weighted by atomic mass is 16.5. The summed E-state index contributed by atoms with van der Waals surface area (Å²) in [6.07, 6.45) is 2.21. The first-order valence-corrected chi connectivity index (χ1v) is 5.61. The zero-order valence-electron chi connectivity index (χ0n) is 10.1. The van der Waals surface area contributed by atoms with Gasteiger partial charge in [0.15, 0.2) is 0 Å². The first-order valence-electron chi connectivity index (χ1n) is 5.61. The van der Waals surface area contributed by atoms with E-state index >= 15 is 0 Å². The Labute approximate surface area is 91.8 Å². The van der Waals surface area contributed by atoms with Crippen LogP contribution in [0.2, 0.25) is 0 Å². The monoisotopic (exact) mass is 214 g/mol. The Morgan fingerprint density at radius 1 is 1.40 bits per heavy atom. The fourth-order valence-corrected chi connectivity index (χ4v) is 1.62. The smallest absolute Gasteiger partial charge is 0.315 e. The molecule has 1 rings (SSSR count). The van der Waals surface area contributed by atoms with Gasteiger partial charge in [-0.3, -0.25) is 0 Å². The standard InChI is InChI=1S/C11H22N2O2/c1-5-15-9-6-8(7-9)12-10(14)13-11(2,3)4/h8-9H,5-7H2,1-4H3,(H2,12,13,14). The molecule has 0 saturated heterocycles. The lowest BCUT2D eigenvalue weighted by Gasteiger charge is -2.36. The van der Waals surface area contributed by atoms with Crippen LogP contribution in [0.25, 0.3) is 0 Å². The molecule has 0 atom stereocenters. The van der Waals surface area contributed by atoms with E-state index in [2.05, 4.69) is 10.6 Å². The van der Waals surface area contributed by atoms with Crippen LogP contribution in [-0.2, 0) is 4.74 Å². The van der Waals surface area contributed by atoms with Crippen molar-refractivity contribution >= 4 is 6.03 Å². The average molecular weight is 214 g/mol. The van der Waals surface area contributed by atoms with E-state index in [0.29, 0.717) is 6.10 Å². The van der Waals surface area contributed by atoms with Crippen LogP contribution in [-0.4, -0.2) is 30.3 Å². The summed E-state index contributed by atoms with van der Waals surface area (Å²) in [5.41, 5.74) is -0.173. The Hall–Kier alpha value is -0.770. The molecule has 2 N–H and O–H groups in total. The molecular weight excluding hydrogens is 192 g/mol. The first-order chi connectivity index (χ1) is 6.90. The minimum Gasteiger partial charge on any atom is -0.378 e. The Kier molecular flexibility index (Phi) is 3.97. The fourth-order valence-electron chi connectivity index (χ4n) is 1.62. The summed E-state index contributed by atoms with van der Waals surface area (Å²) in [5, 5.41) is 5.81. The van der Waals surface area contributed by atoms with E-state index in [4.69, 9.17) is 4.74 Å². The molecule has 0 spiro atoms. The average Bonchev–Trinajstić information content (AvgIpc) is 1.97. The zero-order chi connectivity index (χ0) is 11.5. The highest BCUT2D eigenvalue weighted by Crippen LogP contribution is 2.23. The SMILES string of the molecule is CCOC1CC(NC(=O)NC(C)(C)C)C1. The summed E-state index contributed by atoms with van der Waals surface area (Å²) < 4.78 is 5.42. The third-order valence-electron chi connectivity index (χ3n) is 2.32. The number of hydrogen-bond donors (Lipinski definition) is 2. The number of carbonyl (C=O) groups excluding carboxylic acids is 1. The van der Waals surface area contributed by atoms with E-state index in [-0.39, 0.29) is 17.6 Å². The third kappa shape index (κ3) is 4.51. The largest absolute Gasteiger partial charge is 0.378 e. The van der Waals surface area contributed by atoms with Crippen molar-refractivity contribution in [2.24, 2.45) is 0 Å². The van der Waals surface area contributed by atoms with Gasteiger partial charge < -0.3 is 15.4 Å². The molecule has 1 aliphatic rings. The Balaban J connectivity index is 2.14. The number of rotatable bonds is 3. The number of nitrogens with one attached hydrogen (secondary N) is 2. The molecule has 4 heteroatoms. The normalized spacial score (nSPS) is 25.6. The highest BCUT2D eigenvalue weighted by Gasteiger charge is 2.31. The lowest BCUT2D eigenvalue weighted by Crippen LogP contribution is -2.54. The number of carbonyl (C=O) groups is 1. The molecule has 0 bridgehead atoms. The molecule has 0 aromatic carbocycles. The zero-order valence-corrected chi connectivity index (χ0v) is 10.1. The van der Waals surface area contributed by atoms with E-state index in [1.807, 2.05) is 27.7 Å². The van der Waals surface area contributed by atoms with Crippen molar-refractivity contribution in [1.82, 2.24) is 10.6 Å². The van der Waals surface area contributed by atoms with Crippen molar-refractivity contribution in [3.63, 3.8) is 0 Å². The minimum atomic E-state index is -0.173. The summed E-state index contributed by atoms with van der Waals surface area (Å²) in [6, 6.07) is 0.200. The van der Waals surface area contributed by atoms with Gasteiger partial charge in [-0.1, -0.05) is 0 Å². The molecule has 0 heterocycles. The van der Waals surface area contributed by atoms with Crippen LogP contribution in [0, 0.1) is 0 Å². The van der Waals surface area contributed by atoms with Gasteiger partial charge >= 0.3 is 6.03 Å². The van der Waals surface area contributed by atoms with E-state index < -0.39 is 0 Å². The molecule has 15 heavy (non-hydrogen) atoms.